The Labute approximate surface area is 65.3 Å². The van der Waals surface area contributed by atoms with Gasteiger partial charge in [0.15, 0.2) is 5.82 Å². The lowest BCUT2D eigenvalue weighted by atomic mass is 10.4. The summed E-state index contributed by atoms with van der Waals surface area (Å²) >= 11 is 0. The van der Waals surface area contributed by atoms with Gasteiger partial charge in [-0.15, -0.1) is 5.11 Å². The summed E-state index contributed by atoms with van der Waals surface area (Å²) in [6.07, 6.45) is 1.45. The van der Waals surface area contributed by atoms with Gasteiger partial charge in [0.2, 0.25) is 0 Å². The van der Waals surface area contributed by atoms with E-state index in [-0.39, 0.29) is 5.82 Å². The number of fused-ring (bicyclic) bond motifs is 1. The van der Waals surface area contributed by atoms with E-state index in [0.29, 0.717) is 11.0 Å². The molecule has 12 heavy (non-hydrogen) atoms. The molecule has 0 fully saturated rings. The highest BCUT2D eigenvalue weighted by Gasteiger charge is 2.04. The van der Waals surface area contributed by atoms with Crippen LogP contribution in [0.3, 0.4) is 0 Å². The van der Waals surface area contributed by atoms with Crippen molar-refractivity contribution >= 4 is 16.9 Å². The minimum absolute atomic E-state index is 0.0718. The summed E-state index contributed by atoms with van der Waals surface area (Å²) in [7, 11) is 0. The predicted molar refractivity (Wildman–Crippen MR) is 39.3 cm³/mol. The van der Waals surface area contributed by atoms with Gasteiger partial charge in [-0.2, -0.15) is 10.1 Å². The average Bonchev–Trinajstić information content (AvgIpc) is 2.50. The Morgan fingerprint density at radius 1 is 1.58 bits per heavy atom. The molecule has 0 saturated heterocycles. The van der Waals surface area contributed by atoms with E-state index in [0.717, 1.165) is 0 Å². The molecular formula is C5H4N6O. The van der Waals surface area contributed by atoms with Gasteiger partial charge in [0.25, 0.3) is 0 Å². The summed E-state index contributed by atoms with van der Waals surface area (Å²) in [4.78, 5) is 16.7. The molecule has 0 atom stereocenters. The van der Waals surface area contributed by atoms with Gasteiger partial charge in [0.05, 0.1) is 11.6 Å². The first-order valence-electron chi connectivity index (χ1n) is 3.12. The van der Waals surface area contributed by atoms with Crippen molar-refractivity contribution in [3.8, 4) is 0 Å². The average molecular weight is 164 g/mol. The smallest absolute Gasteiger partial charge is 0.290 e. The van der Waals surface area contributed by atoms with E-state index in [1.165, 1.54) is 6.20 Å². The van der Waals surface area contributed by atoms with Crippen molar-refractivity contribution in [2.75, 3.05) is 0 Å². The Kier molecular flexibility index (Phi) is 1.23. The highest BCUT2D eigenvalue weighted by molar-refractivity contribution is 5.83. The molecule has 0 aliphatic heterocycles. The molecule has 2 heterocycles. The lowest BCUT2D eigenvalue weighted by molar-refractivity contribution is 1.03. The van der Waals surface area contributed by atoms with Crippen LogP contribution in [0.4, 0.5) is 5.82 Å². The Morgan fingerprint density at radius 2 is 2.42 bits per heavy atom. The maximum Gasteiger partial charge on any atom is 0.348 e. The van der Waals surface area contributed by atoms with Crippen molar-refractivity contribution in [3.63, 3.8) is 0 Å². The number of hydrogen-bond donors (Lipinski definition) is 3. The summed E-state index contributed by atoms with van der Waals surface area (Å²) in [5.74, 6) is 0.0718. The first kappa shape index (κ1) is 6.65. The summed E-state index contributed by atoms with van der Waals surface area (Å²) in [6, 6.07) is 0. The van der Waals surface area contributed by atoms with Gasteiger partial charge >= 0.3 is 5.69 Å². The molecule has 0 unspecified atom stereocenters. The van der Waals surface area contributed by atoms with Crippen LogP contribution in [0.5, 0.6) is 0 Å². The lowest BCUT2D eigenvalue weighted by Gasteiger charge is -1.89. The molecule has 0 amide bonds. The molecule has 60 valence electrons. The second kappa shape index (κ2) is 2.22. The summed E-state index contributed by atoms with van der Waals surface area (Å²) in [5, 5.41) is 9.84. The molecule has 0 aliphatic rings. The van der Waals surface area contributed by atoms with Gasteiger partial charge in [-0.1, -0.05) is 0 Å². The second-order valence-electron chi connectivity index (χ2n) is 2.14. The van der Waals surface area contributed by atoms with E-state index in [1.807, 2.05) is 0 Å². The monoisotopic (exact) mass is 164 g/mol. The number of H-pyrrole nitrogens is 2. The first-order valence-corrected chi connectivity index (χ1v) is 3.12. The fraction of sp³-hybridized carbons (Fsp3) is 0. The Bertz CT molecular complexity index is 482. The summed E-state index contributed by atoms with van der Waals surface area (Å²) in [5.41, 5.74) is 6.62. The number of nitrogens with zero attached hydrogens (tertiary/aromatic N) is 3. The third-order valence-electron chi connectivity index (χ3n) is 1.43. The van der Waals surface area contributed by atoms with Crippen LogP contribution in [0.15, 0.2) is 16.1 Å². The maximum absolute atomic E-state index is 10.8. The van der Waals surface area contributed by atoms with Gasteiger partial charge < -0.3 is 0 Å². The fourth-order valence-corrected chi connectivity index (χ4v) is 0.927. The fourth-order valence-electron chi connectivity index (χ4n) is 0.927. The number of hydrogen-bond acceptors (Lipinski definition) is 5. The number of nitrogens with one attached hydrogen (secondary N) is 3. The molecule has 0 aromatic carbocycles. The van der Waals surface area contributed by atoms with Gasteiger partial charge in [-0.25, -0.2) is 10.3 Å². The lowest BCUT2D eigenvalue weighted by Crippen LogP contribution is -2.08. The molecule has 0 saturated carbocycles. The molecule has 0 spiro atoms. The molecule has 7 heteroatoms. The van der Waals surface area contributed by atoms with Gasteiger partial charge in [-0.3, -0.25) is 10.1 Å². The van der Waals surface area contributed by atoms with Crippen LogP contribution in [0, 0.1) is 5.53 Å². The third kappa shape index (κ3) is 0.797. The summed E-state index contributed by atoms with van der Waals surface area (Å²) < 4.78 is 0. The Morgan fingerprint density at radius 3 is 3.17 bits per heavy atom. The van der Waals surface area contributed by atoms with E-state index in [4.69, 9.17) is 5.53 Å². The molecule has 2 rings (SSSR count). The van der Waals surface area contributed by atoms with E-state index >= 15 is 0 Å². The van der Waals surface area contributed by atoms with E-state index in [1.54, 1.807) is 0 Å². The molecule has 3 N–H and O–H groups in total. The molecule has 0 bridgehead atoms. The number of aromatic amines is 2. The highest BCUT2D eigenvalue weighted by atomic mass is 16.1. The van der Waals surface area contributed by atoms with Gasteiger partial charge in [0.1, 0.15) is 5.65 Å². The summed E-state index contributed by atoms with van der Waals surface area (Å²) in [6.45, 7) is 0. The SMILES string of the molecule is N=Nc1nc(=O)[nH]c2[nH]ncc12. The van der Waals surface area contributed by atoms with Crippen LogP contribution in [-0.2, 0) is 0 Å². The zero-order chi connectivity index (χ0) is 8.55. The quantitative estimate of drug-likeness (QED) is 0.527. The maximum atomic E-state index is 10.8. The molecule has 0 aliphatic carbocycles. The Balaban J connectivity index is 2.98. The normalized spacial score (nSPS) is 10.3. The number of aromatic nitrogens is 4. The van der Waals surface area contributed by atoms with Gasteiger partial charge in [0, 0.05) is 0 Å². The van der Waals surface area contributed by atoms with Crippen LogP contribution < -0.4 is 5.69 Å². The predicted octanol–water partition coefficient (Wildman–Crippen LogP) is 0.309. The van der Waals surface area contributed by atoms with Crippen LogP contribution >= 0.6 is 0 Å². The second-order valence-corrected chi connectivity index (χ2v) is 2.14. The standard InChI is InChI=1S/C5H4N6O/c6-10-3-2-1-7-11-4(2)9-5(12)8-3/h1,6H,(H2,7,8,9,11,12). The van der Waals surface area contributed by atoms with E-state index in [2.05, 4.69) is 25.3 Å². The highest BCUT2D eigenvalue weighted by Crippen LogP contribution is 2.16. The first-order chi connectivity index (χ1) is 5.81. The molecular weight excluding hydrogens is 160 g/mol. The van der Waals surface area contributed by atoms with Gasteiger partial charge in [-0.05, 0) is 0 Å². The van der Waals surface area contributed by atoms with Crippen molar-refractivity contribution in [1.82, 2.24) is 20.2 Å². The number of rotatable bonds is 1. The van der Waals surface area contributed by atoms with Crippen LogP contribution in [0.1, 0.15) is 0 Å². The van der Waals surface area contributed by atoms with Crippen molar-refractivity contribution < 1.29 is 0 Å². The van der Waals surface area contributed by atoms with Crippen molar-refractivity contribution in [2.24, 2.45) is 5.11 Å². The Hall–Kier alpha value is -2.05. The third-order valence-corrected chi connectivity index (χ3v) is 1.43. The van der Waals surface area contributed by atoms with E-state index in [9.17, 15) is 4.79 Å². The van der Waals surface area contributed by atoms with Crippen molar-refractivity contribution in [1.29, 1.82) is 5.53 Å². The molecule has 2 aromatic rings. The van der Waals surface area contributed by atoms with E-state index < -0.39 is 5.69 Å². The van der Waals surface area contributed by atoms with Crippen molar-refractivity contribution in [3.05, 3.63) is 16.7 Å². The molecule has 7 nitrogen and oxygen atoms in total. The minimum atomic E-state index is -0.544. The van der Waals surface area contributed by atoms with Crippen LogP contribution in [0.2, 0.25) is 0 Å². The zero-order valence-corrected chi connectivity index (χ0v) is 5.83. The molecule has 2 aromatic heterocycles. The molecule has 0 radical (unpaired) electrons. The minimum Gasteiger partial charge on any atom is -0.290 e. The van der Waals surface area contributed by atoms with Crippen LogP contribution in [-0.4, -0.2) is 20.2 Å². The van der Waals surface area contributed by atoms with Crippen molar-refractivity contribution in [2.45, 2.75) is 0 Å². The zero-order valence-electron chi connectivity index (χ0n) is 5.83. The largest absolute Gasteiger partial charge is 0.348 e. The van der Waals surface area contributed by atoms with Crippen LogP contribution in [0.25, 0.3) is 11.0 Å². The topological polar surface area (TPSA) is 111 Å².